The van der Waals surface area contributed by atoms with E-state index in [4.69, 9.17) is 9.47 Å². The molecular formula is C45H43Br2F3N4O6. The first-order valence-electron chi connectivity index (χ1n) is 18.5. The highest BCUT2D eigenvalue weighted by molar-refractivity contribution is 9.10. The van der Waals surface area contributed by atoms with E-state index in [2.05, 4.69) is 52.5 Å². The van der Waals surface area contributed by atoms with Crippen molar-refractivity contribution in [1.29, 1.82) is 0 Å². The van der Waals surface area contributed by atoms with Crippen molar-refractivity contribution in [1.82, 2.24) is 9.97 Å². The molecule has 0 aliphatic rings. The number of alkyl halides is 3. The van der Waals surface area contributed by atoms with Crippen LogP contribution in [0, 0.1) is 0 Å². The number of halogens is 5. The van der Waals surface area contributed by atoms with Crippen LogP contribution >= 0.6 is 31.9 Å². The summed E-state index contributed by atoms with van der Waals surface area (Å²) in [5.41, 5.74) is -2.24. The van der Waals surface area contributed by atoms with Crippen molar-refractivity contribution in [3.63, 3.8) is 0 Å². The number of Topliss-reactive ketones (excluding diaryl/α,β-unsaturated/α-hetero) is 1. The molecule has 3 N–H and O–H groups in total. The van der Waals surface area contributed by atoms with Crippen LogP contribution in [-0.2, 0) is 25.2 Å². The Kier molecular flexibility index (Phi) is 14.1. The third-order valence-electron chi connectivity index (χ3n) is 9.97. The summed E-state index contributed by atoms with van der Waals surface area (Å²) in [6.45, 7) is 6.88. The molecule has 0 aliphatic carbocycles. The Hall–Kier alpha value is -5.38. The fourth-order valence-corrected chi connectivity index (χ4v) is 7.59. The Morgan fingerprint density at radius 1 is 0.667 bits per heavy atom. The fourth-order valence-electron chi connectivity index (χ4n) is 6.91. The number of carbonyl (C=O) groups is 3. The van der Waals surface area contributed by atoms with Crippen LogP contribution < -0.4 is 20.1 Å². The first kappa shape index (κ1) is 45.7. The summed E-state index contributed by atoms with van der Waals surface area (Å²) in [6.07, 6.45) is -2.86. The van der Waals surface area contributed by atoms with Gasteiger partial charge in [0.1, 0.15) is 11.5 Å². The molecule has 0 bridgehead atoms. The lowest BCUT2D eigenvalue weighted by molar-refractivity contribution is -0.254. The van der Waals surface area contributed by atoms with Crippen molar-refractivity contribution in [2.45, 2.75) is 63.1 Å². The number of nitrogens with zero attached hydrogens (tertiary/aromatic N) is 2. The van der Waals surface area contributed by atoms with Gasteiger partial charge in [-0.15, -0.1) is 0 Å². The van der Waals surface area contributed by atoms with E-state index in [1.165, 1.54) is 33.2 Å². The van der Waals surface area contributed by atoms with Crippen LogP contribution in [0.15, 0.2) is 118 Å². The van der Waals surface area contributed by atoms with E-state index in [0.717, 1.165) is 20.9 Å². The highest BCUT2D eigenvalue weighted by Crippen LogP contribution is 2.45. The number of methoxy groups -OCH3 is 2. The Labute approximate surface area is 362 Å². The van der Waals surface area contributed by atoms with Gasteiger partial charge in [-0.3, -0.25) is 24.4 Å². The molecule has 2 aromatic heterocycles. The summed E-state index contributed by atoms with van der Waals surface area (Å²) in [7, 11) is 2.99. The largest absolute Gasteiger partial charge is 0.496 e. The number of rotatable bonds is 12. The number of aliphatic hydroxyl groups is 1. The smallest absolute Gasteiger partial charge is 0.426 e. The van der Waals surface area contributed by atoms with Gasteiger partial charge < -0.3 is 25.2 Å². The molecule has 0 radical (unpaired) electrons. The zero-order valence-corrected chi connectivity index (χ0v) is 36.8. The third-order valence-corrected chi connectivity index (χ3v) is 11.0. The van der Waals surface area contributed by atoms with E-state index in [9.17, 15) is 32.7 Å². The molecule has 15 heteroatoms. The van der Waals surface area contributed by atoms with Gasteiger partial charge in [0.15, 0.2) is 0 Å². The lowest BCUT2D eigenvalue weighted by Gasteiger charge is -2.37. The van der Waals surface area contributed by atoms with E-state index < -0.39 is 46.6 Å². The maximum atomic E-state index is 14.1. The minimum absolute atomic E-state index is 0.0554. The van der Waals surface area contributed by atoms with Crippen molar-refractivity contribution >= 4 is 82.6 Å². The number of amides is 2. The summed E-state index contributed by atoms with van der Waals surface area (Å²) in [5, 5.41) is 17.0. The SMILES string of the molecule is COc1cc(Br)ccc1C(C)(C)CC(=O)C(=O)Nc1cccc2ncccc12.COc1cc(Br)ccc1C(C)(C)CC(O)(C(=O)Nc1cccc2ncccc12)C(F)(F)F. The molecule has 314 valence electrons. The van der Waals surface area contributed by atoms with Gasteiger partial charge >= 0.3 is 6.18 Å². The number of hydrogen-bond donors (Lipinski definition) is 3. The van der Waals surface area contributed by atoms with Crippen LogP contribution in [0.25, 0.3) is 21.8 Å². The summed E-state index contributed by atoms with van der Waals surface area (Å²) >= 11 is 6.72. The number of fused-ring (bicyclic) bond motifs is 2. The summed E-state index contributed by atoms with van der Waals surface area (Å²) in [6, 6.07) is 27.5. The average molecular weight is 953 g/mol. The molecule has 10 nitrogen and oxygen atoms in total. The molecule has 1 atom stereocenters. The number of aromatic nitrogens is 2. The Bertz CT molecular complexity index is 2540. The molecule has 0 aliphatic heterocycles. The fraction of sp³-hybridized carbons (Fsp3) is 0.267. The Balaban J connectivity index is 0.000000230. The topological polar surface area (TPSA) is 140 Å². The van der Waals surface area contributed by atoms with Gasteiger partial charge in [-0.1, -0.05) is 83.8 Å². The number of ether oxygens (including phenoxy) is 2. The Morgan fingerprint density at radius 3 is 1.60 bits per heavy atom. The monoisotopic (exact) mass is 950 g/mol. The van der Waals surface area contributed by atoms with Crippen molar-refractivity contribution in [2.75, 3.05) is 24.9 Å². The molecular weight excluding hydrogens is 909 g/mol. The molecule has 0 saturated carbocycles. The second-order valence-electron chi connectivity index (χ2n) is 15.3. The molecule has 0 saturated heterocycles. The maximum Gasteiger partial charge on any atom is 0.426 e. The van der Waals surface area contributed by atoms with E-state index in [0.29, 0.717) is 38.1 Å². The van der Waals surface area contributed by atoms with Gasteiger partial charge in [0, 0.05) is 55.9 Å². The van der Waals surface area contributed by atoms with E-state index >= 15 is 0 Å². The van der Waals surface area contributed by atoms with Gasteiger partial charge in [0.2, 0.25) is 11.4 Å². The highest BCUT2D eigenvalue weighted by atomic mass is 79.9. The van der Waals surface area contributed by atoms with Crippen LogP contribution in [0.1, 0.15) is 51.7 Å². The predicted molar refractivity (Wildman–Crippen MR) is 233 cm³/mol. The summed E-state index contributed by atoms with van der Waals surface area (Å²) < 4.78 is 54.6. The van der Waals surface area contributed by atoms with Gasteiger partial charge in [-0.2, -0.15) is 13.2 Å². The second-order valence-corrected chi connectivity index (χ2v) is 17.1. The first-order chi connectivity index (χ1) is 28.2. The zero-order valence-electron chi connectivity index (χ0n) is 33.6. The van der Waals surface area contributed by atoms with E-state index in [1.807, 2.05) is 44.2 Å². The molecule has 6 aromatic rings. The first-order valence-corrected chi connectivity index (χ1v) is 20.1. The van der Waals surface area contributed by atoms with Gasteiger partial charge in [0.05, 0.1) is 36.6 Å². The molecule has 0 fully saturated rings. The predicted octanol–water partition coefficient (Wildman–Crippen LogP) is 10.5. The third kappa shape index (κ3) is 10.3. The van der Waals surface area contributed by atoms with Crippen molar-refractivity contribution in [2.24, 2.45) is 0 Å². The van der Waals surface area contributed by atoms with Gasteiger partial charge in [-0.25, -0.2) is 0 Å². The molecule has 0 spiro atoms. The van der Waals surface area contributed by atoms with Crippen LogP contribution in [0.4, 0.5) is 24.5 Å². The normalized spacial score (nSPS) is 12.8. The zero-order chi connectivity index (χ0) is 44.0. The highest BCUT2D eigenvalue weighted by Gasteiger charge is 2.61. The standard InChI is InChI=1S/C23H22BrF3N2O3.C22H21BrN2O3/c1-21(2,16-10-9-14(24)12-19(16)32-3)13-22(31,23(25,26)27)20(30)29-18-8-4-7-17-15(18)6-5-11-28-17;1-22(2,16-10-9-14(23)12-20(16)28-3)13-19(26)21(27)25-18-8-4-7-17-15(18)6-5-11-24-17/h4-12,31H,13H2,1-3H3,(H,29,30);4-12H,13H2,1-3H3,(H,25,27). The number of anilines is 2. The van der Waals surface area contributed by atoms with Crippen molar-refractivity contribution < 1.29 is 42.1 Å². The van der Waals surface area contributed by atoms with Gasteiger partial charge in [0.25, 0.3) is 11.8 Å². The molecule has 1 unspecified atom stereocenters. The number of benzene rings is 4. The second kappa shape index (κ2) is 18.5. The van der Waals surface area contributed by atoms with Crippen LogP contribution in [0.5, 0.6) is 11.5 Å². The minimum atomic E-state index is -5.22. The molecule has 60 heavy (non-hydrogen) atoms. The maximum absolute atomic E-state index is 14.1. The quantitative estimate of drug-likeness (QED) is 0.103. The van der Waals surface area contributed by atoms with E-state index in [1.54, 1.807) is 74.0 Å². The minimum Gasteiger partial charge on any atom is -0.496 e. The van der Waals surface area contributed by atoms with Crippen LogP contribution in [0.3, 0.4) is 0 Å². The molecule has 2 heterocycles. The lowest BCUT2D eigenvalue weighted by atomic mass is 9.74. The lowest BCUT2D eigenvalue weighted by Crippen LogP contribution is -2.57. The summed E-state index contributed by atoms with van der Waals surface area (Å²) in [4.78, 5) is 46.5. The number of hydrogen-bond acceptors (Lipinski definition) is 8. The van der Waals surface area contributed by atoms with Crippen molar-refractivity contribution in [3.05, 3.63) is 130 Å². The van der Waals surface area contributed by atoms with Crippen LogP contribution in [0.2, 0.25) is 0 Å². The van der Waals surface area contributed by atoms with E-state index in [-0.39, 0.29) is 12.1 Å². The molecule has 4 aromatic carbocycles. The average Bonchev–Trinajstić information content (AvgIpc) is 3.20. The number of pyridine rings is 2. The van der Waals surface area contributed by atoms with Gasteiger partial charge in [-0.05, 0) is 83.8 Å². The molecule has 2 amide bonds. The Morgan fingerprint density at radius 2 is 1.13 bits per heavy atom. The number of nitrogens with one attached hydrogen (secondary N) is 2. The summed E-state index contributed by atoms with van der Waals surface area (Å²) in [5.74, 6) is -1.68. The van der Waals surface area contributed by atoms with Crippen LogP contribution in [-0.4, -0.2) is 58.7 Å². The number of carbonyl (C=O) groups excluding carboxylic acids is 3. The molecule has 6 rings (SSSR count). The number of ketones is 1. The van der Waals surface area contributed by atoms with Crippen molar-refractivity contribution in [3.8, 4) is 11.5 Å².